The van der Waals surface area contributed by atoms with Crippen molar-refractivity contribution in [1.82, 2.24) is 30.5 Å². The van der Waals surface area contributed by atoms with Crippen molar-refractivity contribution in [1.29, 1.82) is 0 Å². The van der Waals surface area contributed by atoms with Gasteiger partial charge in [-0.05, 0) is 38.3 Å². The molecular formula is C23H28ClN7O. The third-order valence-corrected chi connectivity index (χ3v) is 6.60. The van der Waals surface area contributed by atoms with Gasteiger partial charge in [0.1, 0.15) is 0 Å². The normalized spacial score (nSPS) is 19.8. The van der Waals surface area contributed by atoms with Crippen molar-refractivity contribution in [2.24, 2.45) is 0 Å². The fourth-order valence-corrected chi connectivity index (χ4v) is 4.74. The first kappa shape index (κ1) is 21.0. The van der Waals surface area contributed by atoms with Crippen molar-refractivity contribution in [2.75, 3.05) is 31.5 Å². The summed E-state index contributed by atoms with van der Waals surface area (Å²) in [6, 6.07) is 8.57. The minimum atomic E-state index is 0.0431. The Balaban J connectivity index is 1.21. The molecule has 168 valence electrons. The number of aromatic amines is 1. The van der Waals surface area contributed by atoms with Crippen molar-refractivity contribution < 1.29 is 4.79 Å². The summed E-state index contributed by atoms with van der Waals surface area (Å²) < 4.78 is 0. The molecule has 4 heterocycles. The number of para-hydroxylation sites is 1. The Morgan fingerprint density at radius 2 is 2.00 bits per heavy atom. The Kier molecular flexibility index (Phi) is 6.14. The van der Waals surface area contributed by atoms with E-state index in [-0.39, 0.29) is 18.1 Å². The highest BCUT2D eigenvalue weighted by molar-refractivity contribution is 6.33. The summed E-state index contributed by atoms with van der Waals surface area (Å²) in [5, 5.41) is 11.5. The molecule has 9 heteroatoms. The van der Waals surface area contributed by atoms with Crippen LogP contribution < -0.4 is 16.0 Å². The molecule has 3 aromatic rings. The lowest BCUT2D eigenvalue weighted by Crippen LogP contribution is -2.52. The second kappa shape index (κ2) is 9.34. The first-order chi connectivity index (χ1) is 15.7. The van der Waals surface area contributed by atoms with Crippen LogP contribution >= 0.6 is 11.6 Å². The predicted octanol–water partition coefficient (Wildman–Crippen LogP) is 3.62. The molecule has 2 aliphatic heterocycles. The average molecular weight is 454 g/mol. The van der Waals surface area contributed by atoms with Gasteiger partial charge in [0.25, 0.3) is 0 Å². The number of hydrogen-bond donors (Lipinski definition) is 4. The van der Waals surface area contributed by atoms with E-state index in [0.717, 1.165) is 55.2 Å². The van der Waals surface area contributed by atoms with Gasteiger partial charge in [0.15, 0.2) is 0 Å². The first-order valence-corrected chi connectivity index (χ1v) is 11.7. The predicted molar refractivity (Wildman–Crippen MR) is 127 cm³/mol. The van der Waals surface area contributed by atoms with Crippen molar-refractivity contribution in [3.05, 3.63) is 41.7 Å². The fourth-order valence-electron chi connectivity index (χ4n) is 4.54. The van der Waals surface area contributed by atoms with Crippen molar-refractivity contribution in [2.45, 2.75) is 37.8 Å². The standard InChI is InChI=1S/C23H28ClN7O/c24-19-14-27-22(30-21(19)18-13-26-20-6-2-1-5-17(18)20)28-15-7-10-31(11-8-15)23(32)29-16-4-3-9-25-12-16/h1-2,5-6,13-16,25-26H,3-4,7-12H2,(H,29,32)(H,27,28,30). The van der Waals surface area contributed by atoms with Crippen LogP contribution in [0.5, 0.6) is 0 Å². The van der Waals surface area contributed by atoms with Crippen LogP contribution in [0.25, 0.3) is 22.2 Å². The molecule has 0 aliphatic carbocycles. The number of piperidine rings is 2. The monoisotopic (exact) mass is 453 g/mol. The molecule has 2 amide bonds. The van der Waals surface area contributed by atoms with Crippen molar-refractivity contribution in [3.8, 4) is 11.3 Å². The van der Waals surface area contributed by atoms with Crippen LogP contribution in [0.4, 0.5) is 10.7 Å². The summed E-state index contributed by atoms with van der Waals surface area (Å²) in [6.07, 6.45) is 7.44. The zero-order valence-corrected chi connectivity index (χ0v) is 18.7. The number of carbonyl (C=O) groups excluding carboxylic acids is 1. The summed E-state index contributed by atoms with van der Waals surface area (Å²) >= 11 is 6.44. The Hall–Kier alpha value is -2.84. The molecule has 8 nitrogen and oxygen atoms in total. The van der Waals surface area contributed by atoms with Gasteiger partial charge < -0.3 is 25.8 Å². The number of aromatic nitrogens is 3. The lowest BCUT2D eigenvalue weighted by Gasteiger charge is -2.34. The van der Waals surface area contributed by atoms with Crippen LogP contribution in [0.1, 0.15) is 25.7 Å². The number of anilines is 1. The number of urea groups is 1. The molecule has 1 atom stereocenters. The average Bonchev–Trinajstić information content (AvgIpc) is 3.25. The number of nitrogens with one attached hydrogen (secondary N) is 4. The minimum absolute atomic E-state index is 0.0431. The molecule has 0 bridgehead atoms. The summed E-state index contributed by atoms with van der Waals surface area (Å²) in [4.78, 5) is 26.9. The maximum atomic E-state index is 12.6. The van der Waals surface area contributed by atoms with Gasteiger partial charge in [-0.2, -0.15) is 0 Å². The highest BCUT2D eigenvalue weighted by Crippen LogP contribution is 2.32. The van der Waals surface area contributed by atoms with Gasteiger partial charge in [-0.3, -0.25) is 0 Å². The van der Waals surface area contributed by atoms with E-state index in [1.165, 1.54) is 0 Å². The first-order valence-electron chi connectivity index (χ1n) is 11.3. The smallest absolute Gasteiger partial charge is 0.317 e. The number of halogens is 1. The molecule has 0 radical (unpaired) electrons. The summed E-state index contributed by atoms with van der Waals surface area (Å²) in [5.74, 6) is 0.561. The van der Waals surface area contributed by atoms with E-state index < -0.39 is 0 Å². The number of nitrogens with zero attached hydrogens (tertiary/aromatic N) is 3. The number of hydrogen-bond acceptors (Lipinski definition) is 5. The second-order valence-electron chi connectivity index (χ2n) is 8.54. The van der Waals surface area contributed by atoms with E-state index in [0.29, 0.717) is 29.8 Å². The fraction of sp³-hybridized carbons (Fsp3) is 0.435. The quantitative estimate of drug-likeness (QED) is 0.483. The molecule has 32 heavy (non-hydrogen) atoms. The van der Waals surface area contributed by atoms with Crippen molar-refractivity contribution in [3.63, 3.8) is 0 Å². The maximum absolute atomic E-state index is 12.6. The number of rotatable bonds is 4. The molecular weight excluding hydrogens is 426 g/mol. The molecule has 5 rings (SSSR count). The molecule has 0 saturated carbocycles. The SMILES string of the molecule is O=C(NC1CCCNC1)N1CCC(Nc2ncc(Cl)c(-c3c[nH]c4ccccc34)n2)CC1. The van der Waals surface area contributed by atoms with E-state index in [2.05, 4.69) is 32.0 Å². The van der Waals surface area contributed by atoms with E-state index in [9.17, 15) is 4.79 Å². The lowest BCUT2D eigenvalue weighted by molar-refractivity contribution is 0.177. The number of fused-ring (bicyclic) bond motifs is 1. The topological polar surface area (TPSA) is 98.0 Å². The largest absolute Gasteiger partial charge is 0.360 e. The summed E-state index contributed by atoms with van der Waals surface area (Å²) in [7, 11) is 0. The molecule has 2 aromatic heterocycles. The lowest BCUT2D eigenvalue weighted by atomic mass is 10.1. The van der Waals surface area contributed by atoms with Gasteiger partial charge in [-0.25, -0.2) is 14.8 Å². The van der Waals surface area contributed by atoms with E-state index in [1.807, 2.05) is 29.3 Å². The van der Waals surface area contributed by atoms with Gasteiger partial charge in [0.05, 0.1) is 16.9 Å². The highest BCUT2D eigenvalue weighted by Gasteiger charge is 2.25. The van der Waals surface area contributed by atoms with Crippen LogP contribution in [-0.2, 0) is 0 Å². The van der Waals surface area contributed by atoms with Gasteiger partial charge >= 0.3 is 6.03 Å². The number of amides is 2. The molecule has 2 aliphatic rings. The van der Waals surface area contributed by atoms with Crippen LogP contribution in [0.2, 0.25) is 5.02 Å². The van der Waals surface area contributed by atoms with E-state index >= 15 is 0 Å². The third-order valence-electron chi connectivity index (χ3n) is 6.33. The Labute approximate surface area is 192 Å². The second-order valence-corrected chi connectivity index (χ2v) is 8.94. The van der Waals surface area contributed by atoms with Gasteiger partial charge in [0.2, 0.25) is 5.95 Å². The van der Waals surface area contributed by atoms with Crippen LogP contribution in [-0.4, -0.2) is 64.1 Å². The van der Waals surface area contributed by atoms with Gasteiger partial charge in [-0.1, -0.05) is 29.8 Å². The molecule has 0 spiro atoms. The molecule has 1 aromatic carbocycles. The summed E-state index contributed by atoms with van der Waals surface area (Å²) in [6.45, 7) is 3.33. The number of benzene rings is 1. The summed E-state index contributed by atoms with van der Waals surface area (Å²) in [5.41, 5.74) is 2.71. The van der Waals surface area contributed by atoms with E-state index in [1.54, 1.807) is 6.20 Å². The minimum Gasteiger partial charge on any atom is -0.360 e. The van der Waals surface area contributed by atoms with Crippen LogP contribution in [0.15, 0.2) is 36.7 Å². The van der Waals surface area contributed by atoms with E-state index in [4.69, 9.17) is 16.6 Å². The molecule has 1 unspecified atom stereocenters. The molecule has 2 fully saturated rings. The van der Waals surface area contributed by atoms with Crippen LogP contribution in [0.3, 0.4) is 0 Å². The number of carbonyl (C=O) groups is 1. The number of H-pyrrole nitrogens is 1. The number of likely N-dealkylation sites (tertiary alicyclic amines) is 1. The molecule has 2 saturated heterocycles. The zero-order valence-electron chi connectivity index (χ0n) is 17.9. The molecule has 4 N–H and O–H groups in total. The van der Waals surface area contributed by atoms with Crippen molar-refractivity contribution >= 4 is 34.5 Å². The van der Waals surface area contributed by atoms with Gasteiger partial charge in [-0.15, -0.1) is 0 Å². The zero-order chi connectivity index (χ0) is 21.9. The Bertz CT molecular complexity index is 1090. The third kappa shape index (κ3) is 4.52. The Morgan fingerprint density at radius 3 is 2.81 bits per heavy atom. The van der Waals surface area contributed by atoms with Crippen LogP contribution in [0, 0.1) is 0 Å². The maximum Gasteiger partial charge on any atom is 0.317 e. The Morgan fingerprint density at radius 1 is 1.16 bits per heavy atom. The highest BCUT2D eigenvalue weighted by atomic mass is 35.5. The van der Waals surface area contributed by atoms with Gasteiger partial charge in [0, 0.05) is 54.4 Å².